The van der Waals surface area contributed by atoms with Gasteiger partial charge in [-0.3, -0.25) is 4.57 Å². The standard InChI is InChI=1S/C9H5BrCl2N2/c10-9-13-1-2-14(9)8-4-6(11)3-7(12)5-8/h1-5H. The summed E-state index contributed by atoms with van der Waals surface area (Å²) >= 11 is 15.1. The molecular formula is C9H5BrCl2N2. The highest BCUT2D eigenvalue weighted by molar-refractivity contribution is 9.10. The van der Waals surface area contributed by atoms with Crippen molar-refractivity contribution in [1.29, 1.82) is 0 Å². The van der Waals surface area contributed by atoms with Crippen molar-refractivity contribution in [3.8, 4) is 5.69 Å². The summed E-state index contributed by atoms with van der Waals surface area (Å²) in [5.41, 5.74) is 0.881. The topological polar surface area (TPSA) is 17.8 Å². The lowest BCUT2D eigenvalue weighted by molar-refractivity contribution is 1.01. The maximum Gasteiger partial charge on any atom is 0.181 e. The van der Waals surface area contributed by atoms with Gasteiger partial charge in [0.1, 0.15) is 0 Å². The summed E-state index contributed by atoms with van der Waals surface area (Å²) in [5.74, 6) is 0. The third-order valence-corrected chi connectivity index (χ3v) is 2.74. The van der Waals surface area contributed by atoms with Crippen LogP contribution in [0.5, 0.6) is 0 Å². The number of aromatic nitrogens is 2. The quantitative estimate of drug-likeness (QED) is 0.778. The van der Waals surface area contributed by atoms with E-state index in [9.17, 15) is 0 Å². The van der Waals surface area contributed by atoms with E-state index in [1.54, 1.807) is 12.3 Å². The number of nitrogens with zero attached hydrogens (tertiary/aromatic N) is 2. The van der Waals surface area contributed by atoms with Gasteiger partial charge in [-0.15, -0.1) is 0 Å². The lowest BCUT2D eigenvalue weighted by Crippen LogP contribution is -1.92. The zero-order valence-electron chi connectivity index (χ0n) is 6.92. The van der Waals surface area contributed by atoms with Crippen molar-refractivity contribution in [2.24, 2.45) is 0 Å². The first-order valence-electron chi connectivity index (χ1n) is 3.82. The molecule has 2 aromatic rings. The zero-order valence-corrected chi connectivity index (χ0v) is 10.0. The second-order valence-corrected chi connectivity index (χ2v) is 4.28. The maximum absolute atomic E-state index is 5.89. The van der Waals surface area contributed by atoms with Gasteiger partial charge in [-0.05, 0) is 34.1 Å². The van der Waals surface area contributed by atoms with Crippen LogP contribution in [0, 0.1) is 0 Å². The van der Waals surface area contributed by atoms with Crippen molar-refractivity contribution in [1.82, 2.24) is 9.55 Å². The largest absolute Gasteiger partial charge is 0.294 e. The Kier molecular flexibility index (Phi) is 2.81. The molecule has 0 amide bonds. The van der Waals surface area contributed by atoms with Crippen LogP contribution < -0.4 is 0 Å². The average molecular weight is 292 g/mol. The number of halogens is 3. The zero-order chi connectivity index (χ0) is 10.1. The summed E-state index contributed by atoms with van der Waals surface area (Å²) in [6, 6.07) is 5.33. The van der Waals surface area contributed by atoms with Crippen molar-refractivity contribution >= 4 is 39.1 Å². The van der Waals surface area contributed by atoms with E-state index in [1.165, 1.54) is 0 Å². The minimum Gasteiger partial charge on any atom is -0.294 e. The molecule has 2 nitrogen and oxygen atoms in total. The number of hydrogen-bond acceptors (Lipinski definition) is 1. The van der Waals surface area contributed by atoms with E-state index in [4.69, 9.17) is 23.2 Å². The van der Waals surface area contributed by atoms with Crippen molar-refractivity contribution < 1.29 is 0 Å². The van der Waals surface area contributed by atoms with Gasteiger partial charge in [0.25, 0.3) is 0 Å². The summed E-state index contributed by atoms with van der Waals surface area (Å²) in [4.78, 5) is 4.05. The van der Waals surface area contributed by atoms with Crippen molar-refractivity contribution in [3.05, 3.63) is 45.4 Å². The molecule has 5 heteroatoms. The number of rotatable bonds is 1. The fourth-order valence-electron chi connectivity index (χ4n) is 1.16. The van der Waals surface area contributed by atoms with Crippen LogP contribution in [-0.4, -0.2) is 9.55 Å². The van der Waals surface area contributed by atoms with Gasteiger partial charge in [-0.2, -0.15) is 0 Å². The summed E-state index contributed by atoms with van der Waals surface area (Å²) < 4.78 is 2.56. The molecule has 0 N–H and O–H groups in total. The van der Waals surface area contributed by atoms with Gasteiger partial charge in [0.05, 0.1) is 5.69 Å². The van der Waals surface area contributed by atoms with Crippen LogP contribution in [0.1, 0.15) is 0 Å². The fraction of sp³-hybridized carbons (Fsp3) is 0. The van der Waals surface area contributed by atoms with Gasteiger partial charge in [-0.25, -0.2) is 4.98 Å². The highest BCUT2D eigenvalue weighted by atomic mass is 79.9. The molecule has 0 spiro atoms. The molecule has 0 aliphatic carbocycles. The molecule has 1 heterocycles. The number of imidazole rings is 1. The van der Waals surface area contributed by atoms with E-state index in [-0.39, 0.29) is 0 Å². The molecular weight excluding hydrogens is 287 g/mol. The molecule has 0 unspecified atom stereocenters. The van der Waals surface area contributed by atoms with Crippen LogP contribution in [0.15, 0.2) is 35.3 Å². The molecule has 0 radical (unpaired) electrons. The van der Waals surface area contributed by atoms with Crippen molar-refractivity contribution in [2.45, 2.75) is 0 Å². The summed E-state index contributed by atoms with van der Waals surface area (Å²) in [5, 5.41) is 1.21. The van der Waals surface area contributed by atoms with Gasteiger partial charge in [0.15, 0.2) is 4.73 Å². The second kappa shape index (κ2) is 3.93. The normalized spacial score (nSPS) is 10.5. The van der Waals surface area contributed by atoms with Crippen LogP contribution in [0.3, 0.4) is 0 Å². The first-order chi connectivity index (χ1) is 6.66. The van der Waals surface area contributed by atoms with Crippen LogP contribution in [0.25, 0.3) is 5.69 Å². The second-order valence-electron chi connectivity index (χ2n) is 2.69. The van der Waals surface area contributed by atoms with Crippen molar-refractivity contribution in [3.63, 3.8) is 0 Å². The Morgan fingerprint density at radius 1 is 1.14 bits per heavy atom. The van der Waals surface area contributed by atoms with Crippen LogP contribution in [0.2, 0.25) is 10.0 Å². The lowest BCUT2D eigenvalue weighted by Gasteiger charge is -2.04. The van der Waals surface area contributed by atoms with Gasteiger partial charge < -0.3 is 0 Å². The third kappa shape index (κ3) is 1.95. The third-order valence-electron chi connectivity index (χ3n) is 1.72. The minimum atomic E-state index is 0.605. The van der Waals surface area contributed by atoms with E-state index in [0.29, 0.717) is 10.0 Å². The maximum atomic E-state index is 5.89. The van der Waals surface area contributed by atoms with E-state index in [1.807, 2.05) is 22.9 Å². The lowest BCUT2D eigenvalue weighted by atomic mass is 10.3. The Labute approximate surface area is 99.6 Å². The van der Waals surface area contributed by atoms with Crippen LogP contribution >= 0.6 is 39.1 Å². The Bertz CT molecular complexity index is 447. The van der Waals surface area contributed by atoms with E-state index >= 15 is 0 Å². The Morgan fingerprint density at radius 3 is 2.29 bits per heavy atom. The Hall–Kier alpha value is -0.510. The Balaban J connectivity index is 2.57. The van der Waals surface area contributed by atoms with E-state index < -0.39 is 0 Å². The van der Waals surface area contributed by atoms with Crippen LogP contribution in [0.4, 0.5) is 0 Å². The van der Waals surface area contributed by atoms with Crippen LogP contribution in [-0.2, 0) is 0 Å². The molecule has 72 valence electrons. The predicted octanol–water partition coefficient (Wildman–Crippen LogP) is 3.94. The smallest absolute Gasteiger partial charge is 0.181 e. The molecule has 0 aliphatic rings. The van der Waals surface area contributed by atoms with E-state index in [0.717, 1.165) is 10.4 Å². The monoisotopic (exact) mass is 290 g/mol. The molecule has 0 fully saturated rings. The van der Waals surface area contributed by atoms with Crippen molar-refractivity contribution in [2.75, 3.05) is 0 Å². The minimum absolute atomic E-state index is 0.605. The molecule has 0 saturated heterocycles. The highest BCUT2D eigenvalue weighted by Gasteiger charge is 2.03. The highest BCUT2D eigenvalue weighted by Crippen LogP contribution is 2.23. The first kappa shape index (κ1) is 10.0. The molecule has 14 heavy (non-hydrogen) atoms. The van der Waals surface area contributed by atoms with Gasteiger partial charge in [0.2, 0.25) is 0 Å². The molecule has 1 aromatic carbocycles. The fourth-order valence-corrected chi connectivity index (χ4v) is 2.11. The SMILES string of the molecule is Clc1cc(Cl)cc(-n2ccnc2Br)c1. The average Bonchev–Trinajstić information content (AvgIpc) is 2.49. The molecule has 0 aliphatic heterocycles. The van der Waals surface area contributed by atoms with E-state index in [2.05, 4.69) is 20.9 Å². The molecule has 1 aromatic heterocycles. The number of hydrogen-bond donors (Lipinski definition) is 0. The summed E-state index contributed by atoms with van der Waals surface area (Å²) in [6.45, 7) is 0. The van der Waals surface area contributed by atoms with Gasteiger partial charge >= 0.3 is 0 Å². The van der Waals surface area contributed by atoms with Gasteiger partial charge in [-0.1, -0.05) is 23.2 Å². The molecule has 0 bridgehead atoms. The van der Waals surface area contributed by atoms with Gasteiger partial charge in [0, 0.05) is 22.4 Å². The first-order valence-corrected chi connectivity index (χ1v) is 5.37. The Morgan fingerprint density at radius 2 is 1.79 bits per heavy atom. The number of benzene rings is 1. The predicted molar refractivity (Wildman–Crippen MR) is 61.3 cm³/mol. The summed E-state index contributed by atoms with van der Waals surface area (Å²) in [7, 11) is 0. The molecule has 0 atom stereocenters. The summed E-state index contributed by atoms with van der Waals surface area (Å²) in [6.07, 6.45) is 3.52. The molecule has 2 rings (SSSR count). The molecule has 0 saturated carbocycles.